The number of hydrogen-bond donors (Lipinski definition) is 0. The molecule has 6 nitrogen and oxygen atoms in total. The van der Waals surface area contributed by atoms with Crippen LogP contribution in [0.5, 0.6) is 11.5 Å². The maximum Gasteiger partial charge on any atom is 0.258 e. The molecular formula is C26H27N3O3. The summed E-state index contributed by atoms with van der Waals surface area (Å²) in [6.45, 7) is 3.06. The first-order valence-corrected chi connectivity index (χ1v) is 10.7. The summed E-state index contributed by atoms with van der Waals surface area (Å²) in [5.41, 5.74) is 3.40. The van der Waals surface area contributed by atoms with Gasteiger partial charge in [0.25, 0.3) is 5.91 Å². The number of para-hydroxylation sites is 3. The quantitative estimate of drug-likeness (QED) is 0.391. The summed E-state index contributed by atoms with van der Waals surface area (Å²) in [5.74, 6) is 2.09. The molecule has 0 radical (unpaired) electrons. The van der Waals surface area contributed by atoms with Gasteiger partial charge in [0, 0.05) is 12.2 Å². The zero-order valence-corrected chi connectivity index (χ0v) is 18.6. The van der Waals surface area contributed by atoms with E-state index in [0.29, 0.717) is 24.4 Å². The summed E-state index contributed by atoms with van der Waals surface area (Å²) < 4.78 is 12.8. The smallest absolute Gasteiger partial charge is 0.258 e. The number of rotatable bonds is 8. The first kappa shape index (κ1) is 21.4. The van der Waals surface area contributed by atoms with Crippen LogP contribution < -0.4 is 9.47 Å². The number of methoxy groups -OCH3 is 2. The molecule has 0 N–H and O–H groups in total. The highest BCUT2D eigenvalue weighted by atomic mass is 16.5. The third kappa shape index (κ3) is 4.17. The lowest BCUT2D eigenvalue weighted by Gasteiger charge is -2.23. The standard InChI is InChI=1S/C26H27N3O3/c1-4-17-28(26(30)21-9-5-8-12-24(21)32-3)18-25-27-22-10-6-7-11-23(22)29(25)19-13-15-20(31-2)16-14-19/h5-16H,4,17-18H2,1-3H3. The Morgan fingerprint density at radius 1 is 0.938 bits per heavy atom. The first-order valence-electron chi connectivity index (χ1n) is 10.7. The fourth-order valence-corrected chi connectivity index (χ4v) is 3.89. The molecule has 0 saturated carbocycles. The van der Waals surface area contributed by atoms with E-state index in [2.05, 4.69) is 11.5 Å². The zero-order chi connectivity index (χ0) is 22.5. The van der Waals surface area contributed by atoms with Crippen LogP contribution in [0.15, 0.2) is 72.8 Å². The summed E-state index contributed by atoms with van der Waals surface area (Å²) in [4.78, 5) is 20.2. The lowest BCUT2D eigenvalue weighted by Crippen LogP contribution is -2.32. The number of hydrogen-bond acceptors (Lipinski definition) is 4. The lowest BCUT2D eigenvalue weighted by atomic mass is 10.1. The highest BCUT2D eigenvalue weighted by Crippen LogP contribution is 2.26. The van der Waals surface area contributed by atoms with Crippen molar-refractivity contribution in [2.45, 2.75) is 19.9 Å². The predicted octanol–water partition coefficient (Wildman–Crippen LogP) is 5.10. The van der Waals surface area contributed by atoms with E-state index < -0.39 is 0 Å². The van der Waals surface area contributed by atoms with E-state index in [4.69, 9.17) is 14.5 Å². The maximum atomic E-state index is 13.5. The van der Waals surface area contributed by atoms with Crippen LogP contribution in [0.4, 0.5) is 0 Å². The minimum atomic E-state index is -0.0716. The van der Waals surface area contributed by atoms with Gasteiger partial charge in [-0.2, -0.15) is 0 Å². The number of fused-ring (bicyclic) bond motifs is 1. The average Bonchev–Trinajstić information content (AvgIpc) is 3.21. The summed E-state index contributed by atoms with van der Waals surface area (Å²) in [5, 5.41) is 0. The number of aromatic nitrogens is 2. The molecule has 4 aromatic rings. The van der Waals surface area contributed by atoms with Crippen molar-refractivity contribution in [3.63, 3.8) is 0 Å². The molecule has 6 heteroatoms. The zero-order valence-electron chi connectivity index (χ0n) is 18.6. The fraction of sp³-hybridized carbons (Fsp3) is 0.231. The van der Waals surface area contributed by atoms with Gasteiger partial charge in [-0.1, -0.05) is 31.2 Å². The molecule has 0 atom stereocenters. The van der Waals surface area contributed by atoms with Crippen LogP contribution in [0.1, 0.15) is 29.5 Å². The van der Waals surface area contributed by atoms with Gasteiger partial charge in [0.1, 0.15) is 17.3 Å². The SMILES string of the molecule is CCCN(Cc1nc2ccccc2n1-c1ccc(OC)cc1)C(=O)c1ccccc1OC. The second-order valence-corrected chi connectivity index (χ2v) is 7.48. The van der Waals surface area contributed by atoms with Gasteiger partial charge in [0.2, 0.25) is 0 Å². The first-order chi connectivity index (χ1) is 15.7. The van der Waals surface area contributed by atoms with Crippen LogP contribution in [0.2, 0.25) is 0 Å². The van der Waals surface area contributed by atoms with Crippen molar-refractivity contribution in [2.75, 3.05) is 20.8 Å². The summed E-state index contributed by atoms with van der Waals surface area (Å²) in [7, 11) is 3.23. The van der Waals surface area contributed by atoms with Crippen LogP contribution in [-0.4, -0.2) is 41.1 Å². The maximum absolute atomic E-state index is 13.5. The number of carbonyl (C=O) groups is 1. The van der Waals surface area contributed by atoms with E-state index in [9.17, 15) is 4.79 Å². The summed E-state index contributed by atoms with van der Waals surface area (Å²) in [6.07, 6.45) is 0.837. The van der Waals surface area contributed by atoms with Crippen molar-refractivity contribution in [3.05, 3.63) is 84.2 Å². The van der Waals surface area contributed by atoms with Gasteiger partial charge in [-0.25, -0.2) is 4.98 Å². The molecule has 1 aromatic heterocycles. The van der Waals surface area contributed by atoms with Crippen LogP contribution in [0.3, 0.4) is 0 Å². The summed E-state index contributed by atoms with van der Waals surface area (Å²) >= 11 is 0. The van der Waals surface area contributed by atoms with Gasteiger partial charge in [-0.3, -0.25) is 9.36 Å². The molecule has 0 spiro atoms. The molecule has 0 aliphatic heterocycles. The number of benzene rings is 3. The van der Waals surface area contributed by atoms with Crippen molar-refractivity contribution in [1.82, 2.24) is 14.5 Å². The Morgan fingerprint density at radius 3 is 2.38 bits per heavy atom. The number of carbonyl (C=O) groups excluding carboxylic acids is 1. The van der Waals surface area contributed by atoms with Gasteiger partial charge < -0.3 is 14.4 Å². The molecule has 4 rings (SSSR count). The van der Waals surface area contributed by atoms with Crippen LogP contribution in [0.25, 0.3) is 16.7 Å². The molecule has 1 heterocycles. The van der Waals surface area contributed by atoms with E-state index in [1.165, 1.54) is 0 Å². The molecule has 0 aliphatic carbocycles. The molecular weight excluding hydrogens is 402 g/mol. The number of imidazole rings is 1. The van der Waals surface area contributed by atoms with Crippen molar-refractivity contribution in [3.8, 4) is 17.2 Å². The van der Waals surface area contributed by atoms with Crippen LogP contribution in [0, 0.1) is 0 Å². The van der Waals surface area contributed by atoms with E-state index in [1.807, 2.05) is 71.6 Å². The molecule has 1 amide bonds. The van der Waals surface area contributed by atoms with E-state index in [0.717, 1.165) is 34.7 Å². The highest BCUT2D eigenvalue weighted by molar-refractivity contribution is 5.97. The molecule has 0 fully saturated rings. The molecule has 3 aromatic carbocycles. The van der Waals surface area contributed by atoms with Crippen molar-refractivity contribution in [2.24, 2.45) is 0 Å². The monoisotopic (exact) mass is 429 g/mol. The largest absolute Gasteiger partial charge is 0.497 e. The summed E-state index contributed by atoms with van der Waals surface area (Å²) in [6, 6.07) is 23.2. The minimum Gasteiger partial charge on any atom is -0.497 e. The van der Waals surface area contributed by atoms with Gasteiger partial charge in [-0.05, 0) is 55.0 Å². The molecule has 0 bridgehead atoms. The normalized spacial score (nSPS) is 10.8. The minimum absolute atomic E-state index is 0.0716. The fourth-order valence-electron chi connectivity index (χ4n) is 3.89. The van der Waals surface area contributed by atoms with Crippen molar-refractivity contribution >= 4 is 16.9 Å². The van der Waals surface area contributed by atoms with E-state index >= 15 is 0 Å². The Bertz CT molecular complexity index is 1210. The number of ether oxygens (including phenoxy) is 2. The van der Waals surface area contributed by atoms with Gasteiger partial charge in [-0.15, -0.1) is 0 Å². The second kappa shape index (κ2) is 9.56. The van der Waals surface area contributed by atoms with E-state index in [1.54, 1.807) is 20.3 Å². The third-order valence-electron chi connectivity index (χ3n) is 5.41. The van der Waals surface area contributed by atoms with Crippen LogP contribution >= 0.6 is 0 Å². The predicted molar refractivity (Wildman–Crippen MR) is 126 cm³/mol. The van der Waals surface area contributed by atoms with Gasteiger partial charge in [0.15, 0.2) is 0 Å². The Labute approximate surface area is 188 Å². The van der Waals surface area contributed by atoms with Gasteiger partial charge >= 0.3 is 0 Å². The topological polar surface area (TPSA) is 56.6 Å². The van der Waals surface area contributed by atoms with Crippen molar-refractivity contribution in [1.29, 1.82) is 0 Å². The number of nitrogens with zero attached hydrogens (tertiary/aromatic N) is 3. The van der Waals surface area contributed by atoms with Crippen molar-refractivity contribution < 1.29 is 14.3 Å². The number of amides is 1. The Kier molecular flexibility index (Phi) is 6.40. The molecule has 32 heavy (non-hydrogen) atoms. The van der Waals surface area contributed by atoms with E-state index in [-0.39, 0.29) is 5.91 Å². The van der Waals surface area contributed by atoms with Crippen LogP contribution in [-0.2, 0) is 6.54 Å². The molecule has 0 aliphatic rings. The molecule has 0 saturated heterocycles. The molecule has 0 unspecified atom stereocenters. The Balaban J connectivity index is 1.76. The van der Waals surface area contributed by atoms with Gasteiger partial charge in [0.05, 0.1) is 37.4 Å². The highest BCUT2D eigenvalue weighted by Gasteiger charge is 2.22. The molecule has 164 valence electrons. The second-order valence-electron chi connectivity index (χ2n) is 7.48. The third-order valence-corrected chi connectivity index (χ3v) is 5.41. The average molecular weight is 430 g/mol. The Hall–Kier alpha value is -3.80. The lowest BCUT2D eigenvalue weighted by molar-refractivity contribution is 0.0735. The Morgan fingerprint density at radius 2 is 1.66 bits per heavy atom.